The van der Waals surface area contributed by atoms with E-state index in [1.54, 1.807) is 17.2 Å². The fourth-order valence-corrected chi connectivity index (χ4v) is 2.72. The molecule has 0 radical (unpaired) electrons. The fraction of sp³-hybridized carbons (Fsp3) is 0.278. The van der Waals surface area contributed by atoms with E-state index in [0.717, 1.165) is 16.8 Å². The number of carbonyl (C=O) groups excluding carboxylic acids is 2. The van der Waals surface area contributed by atoms with Crippen LogP contribution in [0, 0.1) is 13.8 Å². The van der Waals surface area contributed by atoms with Gasteiger partial charge < -0.3 is 10.2 Å². The fourth-order valence-electron chi connectivity index (χ4n) is 2.72. The van der Waals surface area contributed by atoms with Gasteiger partial charge in [0, 0.05) is 24.8 Å². The number of benzene rings is 1. The molecule has 1 aliphatic heterocycles. The Morgan fingerprint density at radius 1 is 1.17 bits per heavy atom. The van der Waals surface area contributed by atoms with Crippen LogP contribution in [-0.2, 0) is 4.79 Å². The first-order valence-electron chi connectivity index (χ1n) is 7.88. The van der Waals surface area contributed by atoms with Crippen molar-refractivity contribution >= 4 is 23.4 Å². The summed E-state index contributed by atoms with van der Waals surface area (Å²) in [5.41, 5.74) is 3.02. The second kappa shape index (κ2) is 6.70. The molecule has 1 aliphatic rings. The Bertz CT molecular complexity index is 758. The van der Waals surface area contributed by atoms with Gasteiger partial charge in [-0.25, -0.2) is 9.78 Å². The number of aromatic nitrogens is 1. The number of carbonyl (C=O) groups is 2. The van der Waals surface area contributed by atoms with E-state index in [-0.39, 0.29) is 18.0 Å². The number of nitrogens with one attached hydrogen (secondary N) is 2. The molecule has 0 aliphatic carbocycles. The van der Waals surface area contributed by atoms with Crippen molar-refractivity contribution in [3.63, 3.8) is 0 Å². The molecule has 6 nitrogen and oxygen atoms in total. The van der Waals surface area contributed by atoms with E-state index in [1.807, 2.05) is 44.2 Å². The smallest absolute Gasteiger partial charge is 0.320 e. The van der Waals surface area contributed by atoms with Crippen molar-refractivity contribution in [3.05, 3.63) is 53.7 Å². The van der Waals surface area contributed by atoms with Gasteiger partial charge in [-0.05, 0) is 43.7 Å². The highest BCUT2D eigenvalue weighted by Gasteiger charge is 2.31. The molecule has 0 saturated carbocycles. The van der Waals surface area contributed by atoms with Gasteiger partial charge in [0.05, 0.1) is 6.04 Å². The summed E-state index contributed by atoms with van der Waals surface area (Å²) in [4.78, 5) is 30.1. The monoisotopic (exact) mass is 324 g/mol. The van der Waals surface area contributed by atoms with E-state index >= 15 is 0 Å². The molecule has 0 unspecified atom stereocenters. The number of nitrogens with zero attached hydrogens (tertiary/aromatic N) is 2. The van der Waals surface area contributed by atoms with Crippen LogP contribution in [0.5, 0.6) is 0 Å². The molecule has 0 bridgehead atoms. The van der Waals surface area contributed by atoms with Crippen LogP contribution < -0.4 is 15.5 Å². The van der Waals surface area contributed by atoms with Crippen LogP contribution in [0.1, 0.15) is 17.5 Å². The molecule has 2 N–H and O–H groups in total. The molecule has 1 aromatic carbocycles. The van der Waals surface area contributed by atoms with Gasteiger partial charge in [0.1, 0.15) is 5.82 Å². The lowest BCUT2D eigenvalue weighted by atomic mass is 10.2. The van der Waals surface area contributed by atoms with Gasteiger partial charge in [-0.15, -0.1) is 0 Å². The van der Waals surface area contributed by atoms with Crippen molar-refractivity contribution in [2.75, 3.05) is 16.8 Å². The van der Waals surface area contributed by atoms with Crippen molar-refractivity contribution in [2.45, 2.75) is 26.3 Å². The van der Waals surface area contributed by atoms with Crippen molar-refractivity contribution in [3.8, 4) is 0 Å². The van der Waals surface area contributed by atoms with Crippen LogP contribution in [0.25, 0.3) is 0 Å². The van der Waals surface area contributed by atoms with Crippen LogP contribution in [0.4, 0.5) is 16.3 Å². The predicted molar refractivity (Wildman–Crippen MR) is 93.1 cm³/mol. The van der Waals surface area contributed by atoms with E-state index in [0.29, 0.717) is 18.8 Å². The summed E-state index contributed by atoms with van der Waals surface area (Å²) in [6, 6.07) is 10.9. The lowest BCUT2D eigenvalue weighted by Crippen LogP contribution is -2.39. The zero-order valence-corrected chi connectivity index (χ0v) is 13.7. The quantitative estimate of drug-likeness (QED) is 0.911. The lowest BCUT2D eigenvalue weighted by Gasteiger charge is -2.17. The maximum Gasteiger partial charge on any atom is 0.320 e. The molecule has 0 spiro atoms. The molecule has 24 heavy (non-hydrogen) atoms. The van der Waals surface area contributed by atoms with Gasteiger partial charge in [-0.2, -0.15) is 0 Å². The first kappa shape index (κ1) is 16.0. The highest BCUT2D eigenvalue weighted by molar-refractivity contribution is 5.97. The third-order valence-electron chi connectivity index (χ3n) is 3.96. The lowest BCUT2D eigenvalue weighted by molar-refractivity contribution is -0.117. The second-order valence-corrected chi connectivity index (χ2v) is 6.06. The Labute approximate surface area is 140 Å². The SMILES string of the molecule is Cc1ccc(N2C[C@@H](NC(=O)Nc3cc(C)ccn3)CC2=O)cc1. The van der Waals surface area contributed by atoms with Crippen LogP contribution >= 0.6 is 0 Å². The first-order chi connectivity index (χ1) is 11.5. The van der Waals surface area contributed by atoms with Gasteiger partial charge in [0.15, 0.2) is 0 Å². The number of pyridine rings is 1. The van der Waals surface area contributed by atoms with Gasteiger partial charge in [0.2, 0.25) is 5.91 Å². The summed E-state index contributed by atoms with van der Waals surface area (Å²) in [6.45, 7) is 4.40. The molecule has 2 aromatic rings. The zero-order valence-electron chi connectivity index (χ0n) is 13.7. The van der Waals surface area contributed by atoms with E-state index in [9.17, 15) is 9.59 Å². The van der Waals surface area contributed by atoms with E-state index < -0.39 is 0 Å². The third-order valence-corrected chi connectivity index (χ3v) is 3.96. The maximum absolute atomic E-state index is 12.2. The molecule has 1 atom stereocenters. The third kappa shape index (κ3) is 3.71. The highest BCUT2D eigenvalue weighted by Crippen LogP contribution is 2.22. The average molecular weight is 324 g/mol. The Hall–Kier alpha value is -2.89. The molecule has 1 aromatic heterocycles. The summed E-state index contributed by atoms with van der Waals surface area (Å²) in [5.74, 6) is 0.505. The number of rotatable bonds is 3. The molecule has 3 rings (SSSR count). The van der Waals surface area contributed by atoms with Crippen molar-refractivity contribution < 1.29 is 9.59 Å². The molecule has 2 heterocycles. The largest absolute Gasteiger partial charge is 0.333 e. The van der Waals surface area contributed by atoms with E-state index in [4.69, 9.17) is 0 Å². The molecular formula is C18H20N4O2. The number of amides is 3. The Balaban J connectivity index is 1.59. The number of anilines is 2. The minimum absolute atomic E-state index is 0.0119. The molecule has 1 fully saturated rings. The maximum atomic E-state index is 12.2. The van der Waals surface area contributed by atoms with Crippen LogP contribution in [0.2, 0.25) is 0 Å². The van der Waals surface area contributed by atoms with Crippen LogP contribution in [0.3, 0.4) is 0 Å². The number of hydrogen-bond acceptors (Lipinski definition) is 3. The van der Waals surface area contributed by atoms with Gasteiger partial charge in [-0.3, -0.25) is 10.1 Å². The van der Waals surface area contributed by atoms with Gasteiger partial charge >= 0.3 is 6.03 Å². The topological polar surface area (TPSA) is 74.3 Å². The van der Waals surface area contributed by atoms with Gasteiger partial charge in [0.25, 0.3) is 0 Å². The Morgan fingerprint density at radius 2 is 1.92 bits per heavy atom. The van der Waals surface area contributed by atoms with Crippen molar-refractivity contribution in [1.82, 2.24) is 10.3 Å². The summed E-state index contributed by atoms with van der Waals surface area (Å²) >= 11 is 0. The Morgan fingerprint density at radius 3 is 2.62 bits per heavy atom. The van der Waals surface area contributed by atoms with E-state index in [1.165, 1.54) is 0 Å². The zero-order chi connectivity index (χ0) is 17.1. The number of aryl methyl sites for hydroxylation is 2. The molecule has 3 amide bonds. The standard InChI is InChI=1S/C18H20N4O2/c1-12-3-5-15(6-4-12)22-11-14(10-17(22)23)20-18(24)21-16-9-13(2)7-8-19-16/h3-9,14H,10-11H2,1-2H3,(H2,19,20,21,24)/t14-/m0/s1. The minimum atomic E-state index is -0.350. The summed E-state index contributed by atoms with van der Waals surface area (Å²) in [5, 5.41) is 5.53. The first-order valence-corrected chi connectivity index (χ1v) is 7.88. The highest BCUT2D eigenvalue weighted by atomic mass is 16.2. The summed E-state index contributed by atoms with van der Waals surface area (Å²) in [6.07, 6.45) is 1.94. The van der Waals surface area contributed by atoms with Crippen LogP contribution in [-0.4, -0.2) is 29.5 Å². The van der Waals surface area contributed by atoms with E-state index in [2.05, 4.69) is 15.6 Å². The average Bonchev–Trinajstić information content (AvgIpc) is 2.88. The second-order valence-electron chi connectivity index (χ2n) is 6.06. The Kier molecular flexibility index (Phi) is 4.46. The summed E-state index contributed by atoms with van der Waals surface area (Å²) in [7, 11) is 0. The normalized spacial score (nSPS) is 17.0. The molecule has 1 saturated heterocycles. The predicted octanol–water partition coefficient (Wildman–Crippen LogP) is 2.63. The molecule has 124 valence electrons. The summed E-state index contributed by atoms with van der Waals surface area (Å²) < 4.78 is 0. The molecule has 6 heteroatoms. The number of urea groups is 1. The van der Waals surface area contributed by atoms with Crippen molar-refractivity contribution in [2.24, 2.45) is 0 Å². The van der Waals surface area contributed by atoms with Gasteiger partial charge in [-0.1, -0.05) is 17.7 Å². The number of hydrogen-bond donors (Lipinski definition) is 2. The molecular weight excluding hydrogens is 304 g/mol. The van der Waals surface area contributed by atoms with Crippen molar-refractivity contribution in [1.29, 1.82) is 0 Å². The van der Waals surface area contributed by atoms with Crippen LogP contribution in [0.15, 0.2) is 42.6 Å². The minimum Gasteiger partial charge on any atom is -0.333 e.